The van der Waals surface area contributed by atoms with Crippen LogP contribution in [0.3, 0.4) is 0 Å². The lowest BCUT2D eigenvalue weighted by Crippen LogP contribution is -2.32. The highest BCUT2D eigenvalue weighted by molar-refractivity contribution is 5.91. The predicted octanol–water partition coefficient (Wildman–Crippen LogP) is 3.19. The van der Waals surface area contributed by atoms with Gasteiger partial charge in [-0.25, -0.2) is 4.68 Å². The van der Waals surface area contributed by atoms with Gasteiger partial charge in [-0.2, -0.15) is 5.10 Å². The maximum absolute atomic E-state index is 12.3. The minimum absolute atomic E-state index is 0.0128. The molecule has 1 amide bonds. The van der Waals surface area contributed by atoms with E-state index in [-0.39, 0.29) is 5.91 Å². The summed E-state index contributed by atoms with van der Waals surface area (Å²) in [6, 6.07) is 12.0. The molecule has 1 unspecified atom stereocenters. The van der Waals surface area contributed by atoms with E-state index < -0.39 is 0 Å². The van der Waals surface area contributed by atoms with E-state index in [1.807, 2.05) is 53.0 Å². The Labute approximate surface area is 155 Å². The van der Waals surface area contributed by atoms with Gasteiger partial charge in [0, 0.05) is 12.6 Å². The minimum atomic E-state index is -0.0128. The summed E-state index contributed by atoms with van der Waals surface area (Å²) in [5.74, 6) is 2.35. The first kappa shape index (κ1) is 18.5. The van der Waals surface area contributed by atoms with Crippen LogP contribution in [-0.4, -0.2) is 47.3 Å². The third kappa shape index (κ3) is 5.33. The summed E-state index contributed by atoms with van der Waals surface area (Å²) in [4.78, 5) is 14.3. The molecule has 6 nitrogen and oxygen atoms in total. The van der Waals surface area contributed by atoms with E-state index in [0.717, 1.165) is 24.5 Å². The lowest BCUT2D eigenvalue weighted by molar-refractivity contribution is -0.117. The Morgan fingerprint density at radius 2 is 2.12 bits per heavy atom. The van der Waals surface area contributed by atoms with E-state index in [2.05, 4.69) is 17.3 Å². The van der Waals surface area contributed by atoms with Gasteiger partial charge in [0.1, 0.15) is 11.6 Å². The molecule has 1 fully saturated rings. The van der Waals surface area contributed by atoms with Gasteiger partial charge in [0.05, 0.1) is 25.4 Å². The van der Waals surface area contributed by atoms with Crippen molar-refractivity contribution < 1.29 is 9.53 Å². The normalized spacial score (nSPS) is 15.0. The molecule has 0 spiro atoms. The monoisotopic (exact) mass is 356 g/mol. The van der Waals surface area contributed by atoms with Crippen LogP contribution in [0.5, 0.6) is 5.75 Å². The number of hydrogen-bond donors (Lipinski definition) is 1. The van der Waals surface area contributed by atoms with Crippen LogP contribution in [0.1, 0.15) is 32.2 Å². The average molecular weight is 356 g/mol. The number of rotatable bonds is 10. The van der Waals surface area contributed by atoms with E-state index >= 15 is 0 Å². The molecule has 1 aromatic carbocycles. The van der Waals surface area contributed by atoms with Gasteiger partial charge in [-0.05, 0) is 51.3 Å². The maximum Gasteiger partial charge on any atom is 0.239 e. The Bertz CT molecular complexity index is 697. The standard InChI is InChI=1S/C20H28N4O2/c1-16(17-9-10-17)24-19(11-12-21-24)22-20(25)15-23(2)13-6-14-26-18-7-4-3-5-8-18/h3-5,7-8,11-12,16-17H,6,9-10,13-15H2,1-2H3,(H,22,25). The van der Waals surface area contributed by atoms with Crippen LogP contribution in [0, 0.1) is 5.92 Å². The van der Waals surface area contributed by atoms with Crippen LogP contribution >= 0.6 is 0 Å². The number of anilines is 1. The molecule has 1 aromatic heterocycles. The summed E-state index contributed by atoms with van der Waals surface area (Å²) in [7, 11) is 1.95. The SMILES string of the molecule is CC(C1CC1)n1nccc1NC(=O)CN(C)CCCOc1ccccc1. The molecule has 1 atom stereocenters. The second kappa shape index (κ2) is 8.85. The summed E-state index contributed by atoms with van der Waals surface area (Å²) in [6.07, 6.45) is 5.12. The molecule has 26 heavy (non-hydrogen) atoms. The van der Waals surface area contributed by atoms with Crippen molar-refractivity contribution >= 4 is 11.7 Å². The van der Waals surface area contributed by atoms with Crippen LogP contribution in [-0.2, 0) is 4.79 Å². The molecule has 1 heterocycles. The van der Waals surface area contributed by atoms with E-state index in [4.69, 9.17) is 4.74 Å². The predicted molar refractivity (Wildman–Crippen MR) is 102 cm³/mol. The first-order valence-electron chi connectivity index (χ1n) is 9.33. The van der Waals surface area contributed by atoms with Crippen LogP contribution in [0.2, 0.25) is 0 Å². The van der Waals surface area contributed by atoms with Gasteiger partial charge in [-0.15, -0.1) is 0 Å². The first-order chi connectivity index (χ1) is 12.6. The van der Waals surface area contributed by atoms with Crippen molar-refractivity contribution in [2.45, 2.75) is 32.2 Å². The lowest BCUT2D eigenvalue weighted by atomic mass is 10.2. The van der Waals surface area contributed by atoms with Gasteiger partial charge in [-0.3, -0.25) is 9.69 Å². The van der Waals surface area contributed by atoms with Crippen molar-refractivity contribution in [2.24, 2.45) is 5.92 Å². The van der Waals surface area contributed by atoms with Gasteiger partial charge in [0.2, 0.25) is 5.91 Å². The second-order valence-electron chi connectivity index (χ2n) is 7.04. The molecule has 0 saturated heterocycles. The highest BCUT2D eigenvalue weighted by Crippen LogP contribution is 2.40. The Hall–Kier alpha value is -2.34. The summed E-state index contributed by atoms with van der Waals surface area (Å²) in [5.41, 5.74) is 0. The average Bonchev–Trinajstić information content (AvgIpc) is 3.39. The van der Waals surface area contributed by atoms with Crippen molar-refractivity contribution in [3.8, 4) is 5.75 Å². The van der Waals surface area contributed by atoms with Crippen LogP contribution in [0.4, 0.5) is 5.82 Å². The Kier molecular flexibility index (Phi) is 6.28. The van der Waals surface area contributed by atoms with Crippen molar-refractivity contribution in [3.63, 3.8) is 0 Å². The lowest BCUT2D eigenvalue weighted by Gasteiger charge is -2.18. The van der Waals surface area contributed by atoms with E-state index in [9.17, 15) is 4.79 Å². The molecule has 1 aliphatic carbocycles. The summed E-state index contributed by atoms with van der Waals surface area (Å²) in [6.45, 7) is 3.97. The number of carbonyl (C=O) groups excluding carboxylic acids is 1. The Morgan fingerprint density at radius 1 is 1.35 bits per heavy atom. The number of likely N-dealkylation sites (N-methyl/N-ethyl adjacent to an activating group) is 1. The van der Waals surface area contributed by atoms with Crippen molar-refractivity contribution in [2.75, 3.05) is 32.1 Å². The largest absolute Gasteiger partial charge is 0.494 e. The molecule has 2 aromatic rings. The summed E-state index contributed by atoms with van der Waals surface area (Å²) in [5, 5.41) is 7.36. The zero-order valence-electron chi connectivity index (χ0n) is 15.6. The van der Waals surface area contributed by atoms with E-state index in [0.29, 0.717) is 25.1 Å². The van der Waals surface area contributed by atoms with Gasteiger partial charge in [0.15, 0.2) is 0 Å². The summed E-state index contributed by atoms with van der Waals surface area (Å²) >= 11 is 0. The molecule has 140 valence electrons. The number of aromatic nitrogens is 2. The fourth-order valence-corrected chi connectivity index (χ4v) is 3.06. The van der Waals surface area contributed by atoms with Crippen LogP contribution < -0.4 is 10.1 Å². The number of para-hydroxylation sites is 1. The van der Waals surface area contributed by atoms with Crippen LogP contribution in [0.15, 0.2) is 42.6 Å². The highest BCUT2D eigenvalue weighted by atomic mass is 16.5. The molecular weight excluding hydrogens is 328 g/mol. The van der Waals surface area contributed by atoms with E-state index in [1.165, 1.54) is 12.8 Å². The number of hydrogen-bond acceptors (Lipinski definition) is 4. The van der Waals surface area contributed by atoms with Crippen molar-refractivity contribution in [3.05, 3.63) is 42.6 Å². The molecule has 0 radical (unpaired) electrons. The minimum Gasteiger partial charge on any atom is -0.494 e. The molecule has 1 saturated carbocycles. The fourth-order valence-electron chi connectivity index (χ4n) is 3.06. The molecule has 6 heteroatoms. The van der Waals surface area contributed by atoms with Gasteiger partial charge >= 0.3 is 0 Å². The van der Waals surface area contributed by atoms with Crippen LogP contribution in [0.25, 0.3) is 0 Å². The van der Waals surface area contributed by atoms with Crippen molar-refractivity contribution in [1.82, 2.24) is 14.7 Å². The second-order valence-corrected chi connectivity index (χ2v) is 7.04. The molecule has 0 aliphatic heterocycles. The number of ether oxygens (including phenoxy) is 1. The molecule has 0 bridgehead atoms. The highest BCUT2D eigenvalue weighted by Gasteiger charge is 2.30. The molecule has 1 N–H and O–H groups in total. The van der Waals surface area contributed by atoms with Crippen molar-refractivity contribution in [1.29, 1.82) is 0 Å². The number of nitrogens with one attached hydrogen (secondary N) is 1. The zero-order chi connectivity index (χ0) is 18.4. The molecular formula is C20H28N4O2. The van der Waals surface area contributed by atoms with E-state index in [1.54, 1.807) is 6.20 Å². The fraction of sp³-hybridized carbons (Fsp3) is 0.500. The third-order valence-electron chi connectivity index (χ3n) is 4.74. The number of benzene rings is 1. The van der Waals surface area contributed by atoms with Gasteiger partial charge in [0.25, 0.3) is 0 Å². The maximum atomic E-state index is 12.3. The molecule has 3 rings (SSSR count). The summed E-state index contributed by atoms with van der Waals surface area (Å²) < 4.78 is 7.61. The smallest absolute Gasteiger partial charge is 0.239 e. The Balaban J connectivity index is 1.37. The van der Waals surface area contributed by atoms with Gasteiger partial charge in [-0.1, -0.05) is 18.2 Å². The quantitative estimate of drug-likeness (QED) is 0.664. The first-order valence-corrected chi connectivity index (χ1v) is 9.33. The number of nitrogens with zero attached hydrogens (tertiary/aromatic N) is 3. The zero-order valence-corrected chi connectivity index (χ0v) is 15.6. The number of amides is 1. The van der Waals surface area contributed by atoms with Gasteiger partial charge < -0.3 is 10.1 Å². The number of carbonyl (C=O) groups is 1. The Morgan fingerprint density at radius 3 is 2.85 bits per heavy atom. The third-order valence-corrected chi connectivity index (χ3v) is 4.74. The topological polar surface area (TPSA) is 59.4 Å². The molecule has 1 aliphatic rings.